The van der Waals surface area contributed by atoms with E-state index in [0.717, 1.165) is 5.39 Å². The number of hydrogen-bond acceptors (Lipinski definition) is 4. The van der Waals surface area contributed by atoms with Gasteiger partial charge in [0.2, 0.25) is 6.79 Å². The third-order valence-electron chi connectivity index (χ3n) is 3.02. The molecule has 5 heteroatoms. The fourth-order valence-corrected chi connectivity index (χ4v) is 1.90. The fourth-order valence-electron chi connectivity index (χ4n) is 1.90. The Morgan fingerprint density at radius 1 is 1.33 bits per heavy atom. The summed E-state index contributed by atoms with van der Waals surface area (Å²) >= 11 is 0. The van der Waals surface area contributed by atoms with Gasteiger partial charge in [-0.15, -0.1) is 0 Å². The molecule has 1 aromatic carbocycles. The first-order chi connectivity index (χ1) is 8.65. The van der Waals surface area contributed by atoms with Crippen LogP contribution in [0.15, 0.2) is 24.3 Å². The number of aromatic nitrogens is 1. The summed E-state index contributed by atoms with van der Waals surface area (Å²) in [5.74, 6) is -0.166. The summed E-state index contributed by atoms with van der Waals surface area (Å²) in [7, 11) is 0. The van der Waals surface area contributed by atoms with Gasteiger partial charge in [-0.2, -0.15) is 0 Å². The summed E-state index contributed by atoms with van der Waals surface area (Å²) in [4.78, 5) is 15.3. The maximum absolute atomic E-state index is 10.9. The van der Waals surface area contributed by atoms with Crippen LogP contribution in [0.4, 0.5) is 0 Å². The maximum Gasteiger partial charge on any atom is 0.312 e. The highest BCUT2D eigenvalue weighted by Crippen LogP contribution is 2.35. The smallest absolute Gasteiger partial charge is 0.312 e. The number of carboxylic acid groups (broad SMARTS) is 1. The molecule has 0 spiro atoms. The van der Waals surface area contributed by atoms with Crippen LogP contribution in [-0.4, -0.2) is 22.9 Å². The van der Waals surface area contributed by atoms with Crippen LogP contribution in [0.3, 0.4) is 0 Å². The molecule has 92 valence electrons. The van der Waals surface area contributed by atoms with E-state index in [9.17, 15) is 4.79 Å². The molecule has 1 aliphatic rings. The number of benzene rings is 1. The first-order valence-electron chi connectivity index (χ1n) is 5.58. The third kappa shape index (κ3) is 1.64. The first-order valence-corrected chi connectivity index (χ1v) is 5.58. The van der Waals surface area contributed by atoms with E-state index in [-0.39, 0.29) is 6.79 Å². The molecule has 1 unspecified atom stereocenters. The van der Waals surface area contributed by atoms with E-state index in [0.29, 0.717) is 22.7 Å². The predicted octanol–water partition coefficient (Wildman–Crippen LogP) is 2.15. The monoisotopic (exact) mass is 245 g/mol. The van der Waals surface area contributed by atoms with Gasteiger partial charge >= 0.3 is 5.97 Å². The van der Waals surface area contributed by atoms with Crippen molar-refractivity contribution in [3.8, 4) is 11.5 Å². The molecular formula is C13H11NO4. The average molecular weight is 245 g/mol. The minimum Gasteiger partial charge on any atom is -0.481 e. The number of ether oxygens (including phenoxy) is 2. The number of fused-ring (bicyclic) bond motifs is 2. The highest BCUT2D eigenvalue weighted by Gasteiger charge is 2.18. The van der Waals surface area contributed by atoms with Crippen LogP contribution in [-0.2, 0) is 4.79 Å². The van der Waals surface area contributed by atoms with E-state index in [4.69, 9.17) is 14.6 Å². The number of carbonyl (C=O) groups is 1. The van der Waals surface area contributed by atoms with Gasteiger partial charge in [0.1, 0.15) is 0 Å². The van der Waals surface area contributed by atoms with Crippen molar-refractivity contribution in [1.82, 2.24) is 4.98 Å². The lowest BCUT2D eigenvalue weighted by molar-refractivity contribution is -0.138. The molecule has 1 aliphatic heterocycles. The van der Waals surface area contributed by atoms with Gasteiger partial charge in [0.05, 0.1) is 17.1 Å². The van der Waals surface area contributed by atoms with E-state index in [1.807, 2.05) is 12.1 Å². The lowest BCUT2D eigenvalue weighted by Crippen LogP contribution is -2.09. The minimum absolute atomic E-state index is 0.212. The molecule has 0 bridgehead atoms. The number of pyridine rings is 1. The number of aliphatic carboxylic acids is 1. The van der Waals surface area contributed by atoms with E-state index >= 15 is 0 Å². The standard InChI is InChI=1S/C13H11NO4/c1-7(13(15)16)9-3-2-8-4-11-12(18-6-17-11)5-10(8)14-9/h2-5,7H,6H2,1H3,(H,15,16). The molecule has 0 radical (unpaired) electrons. The van der Waals surface area contributed by atoms with E-state index in [1.54, 1.807) is 19.1 Å². The second kappa shape index (κ2) is 3.87. The molecule has 5 nitrogen and oxygen atoms in total. The summed E-state index contributed by atoms with van der Waals surface area (Å²) in [6.07, 6.45) is 0. The number of nitrogens with zero attached hydrogens (tertiary/aromatic N) is 1. The average Bonchev–Trinajstić information content (AvgIpc) is 2.81. The third-order valence-corrected chi connectivity index (χ3v) is 3.02. The zero-order valence-corrected chi connectivity index (χ0v) is 9.71. The highest BCUT2D eigenvalue weighted by molar-refractivity contribution is 5.84. The van der Waals surface area contributed by atoms with Crippen molar-refractivity contribution in [3.05, 3.63) is 30.0 Å². The van der Waals surface area contributed by atoms with E-state index in [2.05, 4.69) is 4.98 Å². The molecule has 0 fully saturated rings. The minimum atomic E-state index is -0.886. The SMILES string of the molecule is CC(C(=O)O)c1ccc2cc3c(cc2n1)OCO3. The van der Waals surface area contributed by atoms with Crippen LogP contribution in [0.2, 0.25) is 0 Å². The van der Waals surface area contributed by atoms with Gasteiger partial charge in [-0.1, -0.05) is 6.07 Å². The predicted molar refractivity (Wildman–Crippen MR) is 63.9 cm³/mol. The molecule has 18 heavy (non-hydrogen) atoms. The molecule has 2 aromatic rings. The van der Waals surface area contributed by atoms with Crippen molar-refractivity contribution in [2.24, 2.45) is 0 Å². The highest BCUT2D eigenvalue weighted by atomic mass is 16.7. The molecule has 0 saturated heterocycles. The normalized spacial score (nSPS) is 14.7. The van der Waals surface area contributed by atoms with Crippen molar-refractivity contribution in [2.45, 2.75) is 12.8 Å². The van der Waals surface area contributed by atoms with Crippen LogP contribution in [0.25, 0.3) is 10.9 Å². The molecule has 2 heterocycles. The van der Waals surface area contributed by atoms with Crippen molar-refractivity contribution in [1.29, 1.82) is 0 Å². The summed E-state index contributed by atoms with van der Waals surface area (Å²) in [6, 6.07) is 7.19. The summed E-state index contributed by atoms with van der Waals surface area (Å²) in [5.41, 5.74) is 1.25. The second-order valence-corrected chi connectivity index (χ2v) is 4.19. The van der Waals surface area contributed by atoms with Crippen LogP contribution in [0, 0.1) is 0 Å². The van der Waals surface area contributed by atoms with Gasteiger partial charge in [0.15, 0.2) is 11.5 Å². The maximum atomic E-state index is 10.9. The number of carboxylic acids is 1. The molecule has 0 aliphatic carbocycles. The zero-order chi connectivity index (χ0) is 12.7. The molecule has 0 amide bonds. The van der Waals surface area contributed by atoms with Gasteiger partial charge in [0, 0.05) is 11.5 Å². The van der Waals surface area contributed by atoms with Gasteiger partial charge < -0.3 is 14.6 Å². The summed E-state index contributed by atoms with van der Waals surface area (Å²) in [6.45, 7) is 1.83. The molecular weight excluding hydrogens is 234 g/mol. The summed E-state index contributed by atoms with van der Waals surface area (Å²) in [5, 5.41) is 9.88. The van der Waals surface area contributed by atoms with E-state index in [1.165, 1.54) is 0 Å². The fraction of sp³-hybridized carbons (Fsp3) is 0.231. The lowest BCUT2D eigenvalue weighted by atomic mass is 10.1. The molecule has 1 N–H and O–H groups in total. The van der Waals surface area contributed by atoms with E-state index < -0.39 is 11.9 Å². The Kier molecular flexibility index (Phi) is 2.33. The van der Waals surface area contributed by atoms with Crippen LogP contribution in [0.1, 0.15) is 18.5 Å². The second-order valence-electron chi connectivity index (χ2n) is 4.19. The Labute approximate surface area is 103 Å². The van der Waals surface area contributed by atoms with Crippen molar-refractivity contribution < 1.29 is 19.4 Å². The lowest BCUT2D eigenvalue weighted by Gasteiger charge is -2.07. The molecule has 1 aromatic heterocycles. The topological polar surface area (TPSA) is 68.7 Å². The van der Waals surface area contributed by atoms with Crippen molar-refractivity contribution in [3.63, 3.8) is 0 Å². The van der Waals surface area contributed by atoms with Gasteiger partial charge in [-0.05, 0) is 19.1 Å². The van der Waals surface area contributed by atoms with Gasteiger partial charge in [-0.25, -0.2) is 0 Å². The Balaban J connectivity index is 2.12. The van der Waals surface area contributed by atoms with Crippen LogP contribution < -0.4 is 9.47 Å². The molecule has 3 rings (SSSR count). The first kappa shape index (κ1) is 10.8. The van der Waals surface area contributed by atoms with Crippen molar-refractivity contribution >= 4 is 16.9 Å². The Morgan fingerprint density at radius 3 is 2.78 bits per heavy atom. The Bertz CT molecular complexity index is 638. The number of rotatable bonds is 2. The number of hydrogen-bond donors (Lipinski definition) is 1. The largest absolute Gasteiger partial charge is 0.481 e. The van der Waals surface area contributed by atoms with Gasteiger partial charge in [0.25, 0.3) is 0 Å². The molecule has 1 atom stereocenters. The van der Waals surface area contributed by atoms with Crippen LogP contribution >= 0.6 is 0 Å². The Hall–Kier alpha value is -2.30. The Morgan fingerprint density at radius 2 is 2.06 bits per heavy atom. The quantitative estimate of drug-likeness (QED) is 0.877. The van der Waals surface area contributed by atoms with Crippen molar-refractivity contribution in [2.75, 3.05) is 6.79 Å². The zero-order valence-electron chi connectivity index (χ0n) is 9.71. The van der Waals surface area contributed by atoms with Gasteiger partial charge in [-0.3, -0.25) is 9.78 Å². The van der Waals surface area contributed by atoms with Crippen LogP contribution in [0.5, 0.6) is 11.5 Å². The summed E-state index contributed by atoms with van der Waals surface area (Å²) < 4.78 is 10.6. The molecule has 0 saturated carbocycles.